The number of rotatable bonds is 2. The number of methoxy groups -OCH3 is 1. The number of hydrogen-bond acceptors (Lipinski definition) is 3. The Bertz CT molecular complexity index is 1140. The minimum Gasteiger partial charge on any atom is -0.496 e. The van der Waals surface area contributed by atoms with Crippen LogP contribution in [-0.4, -0.2) is 31.5 Å². The van der Waals surface area contributed by atoms with Crippen LogP contribution in [0.4, 0.5) is 0 Å². The summed E-state index contributed by atoms with van der Waals surface area (Å²) >= 11 is 3.69. The standard InChI is InChI=1S/C23H21BrN2O2/c1-27-21-11-17-14(9-18(21)24)8-16-15-3-2-13(20-12-25-20)10-19(15)26-22(16)23(17)4-6-28-7-5-23/h2-3,9-12,20,26H,4-8H2,1H3. The Labute approximate surface area is 172 Å². The van der Waals surface area contributed by atoms with Gasteiger partial charge in [0.1, 0.15) is 11.8 Å². The van der Waals surface area contributed by atoms with Gasteiger partial charge in [0.2, 0.25) is 0 Å². The lowest BCUT2D eigenvalue weighted by molar-refractivity contribution is 0.0608. The molecule has 1 unspecified atom stereocenters. The summed E-state index contributed by atoms with van der Waals surface area (Å²) in [6.07, 6.45) is 4.92. The van der Waals surface area contributed by atoms with Crippen molar-refractivity contribution in [3.63, 3.8) is 0 Å². The highest BCUT2D eigenvalue weighted by Crippen LogP contribution is 2.51. The van der Waals surface area contributed by atoms with E-state index in [0.29, 0.717) is 0 Å². The summed E-state index contributed by atoms with van der Waals surface area (Å²) in [7, 11) is 1.74. The molecule has 1 aromatic heterocycles. The first-order valence-corrected chi connectivity index (χ1v) is 10.6. The van der Waals surface area contributed by atoms with Crippen molar-refractivity contribution in [3.8, 4) is 5.75 Å². The van der Waals surface area contributed by atoms with E-state index in [-0.39, 0.29) is 11.5 Å². The first kappa shape index (κ1) is 16.8. The largest absolute Gasteiger partial charge is 0.496 e. The Morgan fingerprint density at radius 1 is 1.21 bits per heavy atom. The molecule has 4 nitrogen and oxygen atoms in total. The Hall–Kier alpha value is -2.11. The van der Waals surface area contributed by atoms with E-state index in [1.54, 1.807) is 7.11 Å². The van der Waals surface area contributed by atoms with Gasteiger partial charge in [-0.1, -0.05) is 12.1 Å². The van der Waals surface area contributed by atoms with Gasteiger partial charge in [-0.3, -0.25) is 4.99 Å². The maximum Gasteiger partial charge on any atom is 0.133 e. The van der Waals surface area contributed by atoms with Gasteiger partial charge in [0.15, 0.2) is 0 Å². The van der Waals surface area contributed by atoms with E-state index in [4.69, 9.17) is 9.47 Å². The molecule has 2 aliphatic heterocycles. The van der Waals surface area contributed by atoms with Crippen molar-refractivity contribution in [3.05, 3.63) is 62.8 Å². The summed E-state index contributed by atoms with van der Waals surface area (Å²) in [4.78, 5) is 8.16. The number of H-pyrrole nitrogens is 1. The van der Waals surface area contributed by atoms with Crippen molar-refractivity contribution < 1.29 is 9.47 Å². The lowest BCUT2D eigenvalue weighted by Gasteiger charge is -2.42. The van der Waals surface area contributed by atoms with Crippen LogP contribution in [0, 0.1) is 0 Å². The number of halogens is 1. The molecule has 1 N–H and O–H groups in total. The summed E-state index contributed by atoms with van der Waals surface area (Å²) in [6.45, 7) is 1.57. The van der Waals surface area contributed by atoms with Gasteiger partial charge >= 0.3 is 0 Å². The molecular formula is C23H21BrN2O2. The Kier molecular flexibility index (Phi) is 3.57. The SMILES string of the molecule is COc1cc2c(cc1Br)Cc1c([nH]c3cc(C4C=N4)ccc13)C21CCOCC1. The van der Waals surface area contributed by atoms with Crippen LogP contribution in [0.15, 0.2) is 39.8 Å². The molecular weight excluding hydrogens is 416 g/mol. The zero-order valence-electron chi connectivity index (χ0n) is 15.7. The summed E-state index contributed by atoms with van der Waals surface area (Å²) in [5.41, 5.74) is 8.04. The van der Waals surface area contributed by atoms with E-state index >= 15 is 0 Å². The summed E-state index contributed by atoms with van der Waals surface area (Å²) in [6, 6.07) is 11.5. The maximum atomic E-state index is 5.77. The Morgan fingerprint density at radius 2 is 2.04 bits per heavy atom. The molecule has 0 bridgehead atoms. The van der Waals surface area contributed by atoms with Crippen molar-refractivity contribution in [2.45, 2.75) is 30.7 Å². The number of aromatic amines is 1. The molecule has 28 heavy (non-hydrogen) atoms. The quantitative estimate of drug-likeness (QED) is 0.609. The van der Waals surface area contributed by atoms with Crippen LogP contribution in [-0.2, 0) is 16.6 Å². The number of hydrogen-bond donors (Lipinski definition) is 1. The van der Waals surface area contributed by atoms with Crippen LogP contribution < -0.4 is 4.74 Å². The number of fused-ring (bicyclic) bond motifs is 6. The monoisotopic (exact) mass is 436 g/mol. The maximum absolute atomic E-state index is 5.77. The predicted octanol–water partition coefficient (Wildman–Crippen LogP) is 5.07. The van der Waals surface area contributed by atoms with E-state index in [0.717, 1.165) is 42.7 Å². The highest BCUT2D eigenvalue weighted by molar-refractivity contribution is 9.10. The molecule has 1 fully saturated rings. The van der Waals surface area contributed by atoms with Crippen LogP contribution >= 0.6 is 15.9 Å². The van der Waals surface area contributed by atoms with Gasteiger partial charge in [0, 0.05) is 47.9 Å². The van der Waals surface area contributed by atoms with Crippen molar-refractivity contribution in [1.82, 2.24) is 4.98 Å². The van der Waals surface area contributed by atoms with Crippen LogP contribution in [0.25, 0.3) is 10.9 Å². The predicted molar refractivity (Wildman–Crippen MR) is 114 cm³/mol. The van der Waals surface area contributed by atoms with Gasteiger partial charge in [-0.25, -0.2) is 0 Å². The van der Waals surface area contributed by atoms with E-state index in [2.05, 4.69) is 56.2 Å². The van der Waals surface area contributed by atoms with Crippen LogP contribution in [0.3, 0.4) is 0 Å². The number of benzene rings is 2. The molecule has 1 saturated heterocycles. The first-order valence-electron chi connectivity index (χ1n) is 9.82. The number of aliphatic imine (C=N–C) groups is 1. The number of aromatic nitrogens is 1. The minimum absolute atomic E-state index is 0.0373. The van der Waals surface area contributed by atoms with Gasteiger partial charge in [-0.05, 0) is 69.2 Å². The second-order valence-electron chi connectivity index (χ2n) is 8.04. The summed E-state index contributed by atoms with van der Waals surface area (Å²) < 4.78 is 12.4. The molecule has 0 saturated carbocycles. The molecule has 5 heteroatoms. The zero-order valence-corrected chi connectivity index (χ0v) is 17.3. The van der Waals surface area contributed by atoms with Gasteiger partial charge < -0.3 is 14.5 Å². The smallest absolute Gasteiger partial charge is 0.133 e. The normalized spacial score (nSPS) is 21.6. The molecule has 2 aromatic carbocycles. The molecule has 142 valence electrons. The van der Waals surface area contributed by atoms with Gasteiger partial charge in [-0.2, -0.15) is 0 Å². The lowest BCUT2D eigenvalue weighted by Crippen LogP contribution is -2.39. The molecule has 3 aliphatic rings. The van der Waals surface area contributed by atoms with Crippen LogP contribution in [0.5, 0.6) is 5.75 Å². The van der Waals surface area contributed by atoms with E-state index < -0.39 is 0 Å². The number of nitrogens with zero attached hydrogens (tertiary/aromatic N) is 1. The fourth-order valence-electron chi connectivity index (χ4n) is 5.17. The van der Waals surface area contributed by atoms with Gasteiger partial charge in [-0.15, -0.1) is 0 Å². The second kappa shape index (κ2) is 5.94. The fraction of sp³-hybridized carbons (Fsp3) is 0.348. The highest BCUT2D eigenvalue weighted by atomic mass is 79.9. The van der Waals surface area contributed by atoms with Gasteiger partial charge in [0.25, 0.3) is 0 Å². The number of nitrogens with one attached hydrogen (secondary N) is 1. The fourth-order valence-corrected chi connectivity index (χ4v) is 5.72. The lowest BCUT2D eigenvalue weighted by atomic mass is 9.65. The molecule has 1 spiro atoms. The molecule has 3 heterocycles. The van der Waals surface area contributed by atoms with E-state index in [9.17, 15) is 0 Å². The first-order chi connectivity index (χ1) is 13.7. The molecule has 0 radical (unpaired) electrons. The van der Waals surface area contributed by atoms with E-state index in [1.807, 2.05) is 6.21 Å². The number of ether oxygens (including phenoxy) is 2. The molecule has 3 aromatic rings. The van der Waals surface area contributed by atoms with Crippen molar-refractivity contribution in [2.75, 3.05) is 20.3 Å². The minimum atomic E-state index is -0.0373. The van der Waals surface area contributed by atoms with Gasteiger partial charge in [0.05, 0.1) is 11.6 Å². The Balaban J connectivity index is 1.60. The van der Waals surface area contributed by atoms with Crippen molar-refractivity contribution >= 4 is 33.0 Å². The summed E-state index contributed by atoms with van der Waals surface area (Å²) in [5.74, 6) is 0.900. The third-order valence-electron chi connectivity index (χ3n) is 6.66. The molecule has 0 amide bonds. The topological polar surface area (TPSA) is 46.6 Å². The van der Waals surface area contributed by atoms with Crippen LogP contribution in [0.2, 0.25) is 0 Å². The van der Waals surface area contributed by atoms with Crippen molar-refractivity contribution in [2.24, 2.45) is 4.99 Å². The Morgan fingerprint density at radius 3 is 2.79 bits per heavy atom. The van der Waals surface area contributed by atoms with Crippen LogP contribution in [0.1, 0.15) is 46.8 Å². The third-order valence-corrected chi connectivity index (χ3v) is 7.27. The highest BCUT2D eigenvalue weighted by Gasteiger charge is 2.44. The second-order valence-corrected chi connectivity index (χ2v) is 8.90. The zero-order chi connectivity index (χ0) is 18.9. The molecule has 1 aliphatic carbocycles. The summed E-state index contributed by atoms with van der Waals surface area (Å²) in [5, 5.41) is 1.34. The average molecular weight is 437 g/mol. The average Bonchev–Trinajstić information content (AvgIpc) is 3.50. The third kappa shape index (κ3) is 2.29. The van der Waals surface area contributed by atoms with Crippen molar-refractivity contribution in [1.29, 1.82) is 0 Å². The molecule has 6 rings (SSSR count). The van der Waals surface area contributed by atoms with E-state index in [1.165, 1.54) is 38.9 Å². The molecule has 1 atom stereocenters.